The van der Waals surface area contributed by atoms with Gasteiger partial charge in [-0.1, -0.05) is 6.58 Å². The van der Waals surface area contributed by atoms with Crippen LogP contribution in [0.3, 0.4) is 0 Å². The first kappa shape index (κ1) is 10.3. The van der Waals surface area contributed by atoms with E-state index in [2.05, 4.69) is 6.58 Å². The summed E-state index contributed by atoms with van der Waals surface area (Å²) in [4.78, 5) is 31.1. The van der Waals surface area contributed by atoms with Crippen LogP contribution in [-0.2, 0) is 14.4 Å². The van der Waals surface area contributed by atoms with E-state index < -0.39 is 24.1 Å². The van der Waals surface area contributed by atoms with Crippen molar-refractivity contribution in [2.45, 2.75) is 12.8 Å². The third-order valence-corrected chi connectivity index (χ3v) is 1.08. The van der Waals surface area contributed by atoms with Crippen LogP contribution in [0.2, 0.25) is 0 Å². The molecule has 0 fully saturated rings. The topological polar surface area (TPSA) is 97.5 Å². The summed E-state index contributed by atoms with van der Waals surface area (Å²) in [7, 11) is 0. The number of ketones is 1. The number of aliphatic carboxylic acids is 1. The fourth-order valence-corrected chi connectivity index (χ4v) is 0.570. The molecule has 0 radical (unpaired) electrons. The van der Waals surface area contributed by atoms with Crippen LogP contribution in [-0.4, -0.2) is 22.8 Å². The van der Waals surface area contributed by atoms with Gasteiger partial charge in [0.2, 0.25) is 5.91 Å². The summed E-state index contributed by atoms with van der Waals surface area (Å²) in [5.74, 6) is -2.54. The van der Waals surface area contributed by atoms with E-state index in [1.54, 1.807) is 0 Å². The summed E-state index contributed by atoms with van der Waals surface area (Å²) < 4.78 is 0. The smallest absolute Gasteiger partial charge is 0.331 e. The molecule has 0 heterocycles. The third kappa shape index (κ3) is 4.21. The quantitative estimate of drug-likeness (QED) is 0.428. The van der Waals surface area contributed by atoms with Gasteiger partial charge in [0.15, 0.2) is 0 Å². The highest BCUT2D eigenvalue weighted by Crippen LogP contribution is 2.00. The summed E-state index contributed by atoms with van der Waals surface area (Å²) in [6.45, 7) is 3.13. The highest BCUT2D eigenvalue weighted by Gasteiger charge is 2.11. The van der Waals surface area contributed by atoms with Crippen molar-refractivity contribution < 1.29 is 19.5 Å². The zero-order chi connectivity index (χ0) is 9.72. The van der Waals surface area contributed by atoms with Crippen LogP contribution in [0.25, 0.3) is 0 Å². The SMILES string of the molecule is C=C(CC(=O)CC(N)=O)C(=O)O. The van der Waals surface area contributed by atoms with Crippen molar-refractivity contribution in [2.24, 2.45) is 5.73 Å². The molecule has 0 aliphatic rings. The molecular weight excluding hydrogens is 162 g/mol. The number of hydrogen-bond acceptors (Lipinski definition) is 3. The van der Waals surface area contributed by atoms with Crippen LogP contribution in [0.1, 0.15) is 12.8 Å². The summed E-state index contributed by atoms with van der Waals surface area (Å²) >= 11 is 0. The lowest BCUT2D eigenvalue weighted by atomic mass is 10.1. The van der Waals surface area contributed by atoms with Crippen LogP contribution in [0.5, 0.6) is 0 Å². The molecule has 0 aromatic heterocycles. The van der Waals surface area contributed by atoms with Crippen molar-refractivity contribution in [1.82, 2.24) is 0 Å². The third-order valence-electron chi connectivity index (χ3n) is 1.08. The van der Waals surface area contributed by atoms with E-state index in [4.69, 9.17) is 10.8 Å². The van der Waals surface area contributed by atoms with Gasteiger partial charge >= 0.3 is 5.97 Å². The highest BCUT2D eigenvalue weighted by atomic mass is 16.4. The number of hydrogen-bond donors (Lipinski definition) is 2. The molecule has 12 heavy (non-hydrogen) atoms. The molecule has 0 rings (SSSR count). The van der Waals surface area contributed by atoms with Crippen molar-refractivity contribution in [3.63, 3.8) is 0 Å². The van der Waals surface area contributed by atoms with Crippen LogP contribution < -0.4 is 5.73 Å². The second-order valence-electron chi connectivity index (χ2n) is 2.27. The molecule has 5 heteroatoms. The van der Waals surface area contributed by atoms with Gasteiger partial charge in [0, 0.05) is 12.0 Å². The van der Waals surface area contributed by atoms with Crippen LogP contribution >= 0.6 is 0 Å². The molecule has 1 amide bonds. The van der Waals surface area contributed by atoms with Gasteiger partial charge in [-0.25, -0.2) is 4.79 Å². The predicted molar refractivity (Wildman–Crippen MR) is 40.2 cm³/mol. The average Bonchev–Trinajstić information content (AvgIpc) is 1.84. The van der Waals surface area contributed by atoms with Gasteiger partial charge < -0.3 is 10.8 Å². The maximum Gasteiger partial charge on any atom is 0.331 e. The summed E-state index contributed by atoms with van der Waals surface area (Å²) in [5, 5.41) is 8.30. The normalized spacial score (nSPS) is 9.00. The predicted octanol–water partition coefficient (Wildman–Crippen LogP) is -0.538. The van der Waals surface area contributed by atoms with Crippen molar-refractivity contribution >= 4 is 17.7 Å². The van der Waals surface area contributed by atoms with Gasteiger partial charge in [-0.15, -0.1) is 0 Å². The molecule has 0 aromatic carbocycles. The van der Waals surface area contributed by atoms with E-state index in [1.165, 1.54) is 0 Å². The Morgan fingerprint density at radius 3 is 2.08 bits per heavy atom. The molecule has 0 bridgehead atoms. The number of carbonyl (C=O) groups excluding carboxylic acids is 2. The maximum absolute atomic E-state index is 10.7. The number of carboxylic acids is 1. The fourth-order valence-electron chi connectivity index (χ4n) is 0.570. The number of nitrogens with two attached hydrogens (primary N) is 1. The molecule has 0 saturated carbocycles. The van der Waals surface area contributed by atoms with Gasteiger partial charge in [0.25, 0.3) is 0 Å². The molecule has 0 unspecified atom stereocenters. The first-order valence-electron chi connectivity index (χ1n) is 3.14. The van der Waals surface area contributed by atoms with E-state index in [1.807, 2.05) is 0 Å². The number of carbonyl (C=O) groups is 3. The number of rotatable bonds is 5. The minimum Gasteiger partial charge on any atom is -0.478 e. The lowest BCUT2D eigenvalue weighted by Crippen LogP contribution is -2.17. The van der Waals surface area contributed by atoms with Crippen LogP contribution in [0.4, 0.5) is 0 Å². The molecule has 0 aliphatic carbocycles. The number of carboxylic acid groups (broad SMARTS) is 1. The van der Waals surface area contributed by atoms with Crippen LogP contribution in [0.15, 0.2) is 12.2 Å². The second-order valence-corrected chi connectivity index (χ2v) is 2.27. The molecule has 3 N–H and O–H groups in total. The van der Waals surface area contributed by atoms with E-state index in [0.717, 1.165) is 0 Å². The van der Waals surface area contributed by atoms with E-state index >= 15 is 0 Å². The Hall–Kier alpha value is -1.65. The van der Waals surface area contributed by atoms with Gasteiger partial charge in [-0.3, -0.25) is 9.59 Å². The number of Topliss-reactive ketones (excluding diaryl/α,β-unsaturated/α-hetero) is 1. The van der Waals surface area contributed by atoms with E-state index in [-0.39, 0.29) is 12.0 Å². The summed E-state index contributed by atoms with van der Waals surface area (Å²) in [5.41, 5.74) is 4.47. The Balaban J connectivity index is 3.94. The minimum atomic E-state index is -1.24. The first-order valence-corrected chi connectivity index (χ1v) is 3.14. The van der Waals surface area contributed by atoms with Gasteiger partial charge in [0.05, 0.1) is 6.42 Å². The molecule has 0 aromatic rings. The first-order chi connectivity index (χ1) is 5.43. The Morgan fingerprint density at radius 1 is 1.25 bits per heavy atom. The van der Waals surface area contributed by atoms with Gasteiger partial charge in [-0.05, 0) is 0 Å². The average molecular weight is 171 g/mol. The highest BCUT2D eigenvalue weighted by molar-refractivity contribution is 6.01. The molecule has 0 saturated heterocycles. The van der Waals surface area contributed by atoms with Crippen molar-refractivity contribution in [3.8, 4) is 0 Å². The lowest BCUT2D eigenvalue weighted by Gasteiger charge is -1.96. The maximum atomic E-state index is 10.7. The fraction of sp³-hybridized carbons (Fsp3) is 0.286. The van der Waals surface area contributed by atoms with Crippen molar-refractivity contribution in [1.29, 1.82) is 0 Å². The zero-order valence-corrected chi connectivity index (χ0v) is 6.37. The zero-order valence-electron chi connectivity index (χ0n) is 6.37. The van der Waals surface area contributed by atoms with E-state index in [0.29, 0.717) is 0 Å². The summed E-state index contributed by atoms with van der Waals surface area (Å²) in [6.07, 6.45) is -0.773. The van der Waals surface area contributed by atoms with Crippen molar-refractivity contribution in [2.75, 3.05) is 0 Å². The molecule has 66 valence electrons. The Morgan fingerprint density at radius 2 is 1.75 bits per heavy atom. The molecule has 0 spiro atoms. The minimum absolute atomic E-state index is 0.235. The molecule has 0 aliphatic heterocycles. The lowest BCUT2D eigenvalue weighted by molar-refractivity contribution is -0.134. The largest absolute Gasteiger partial charge is 0.478 e. The Kier molecular flexibility index (Phi) is 3.69. The Labute approximate surface area is 68.9 Å². The number of primary amides is 1. The van der Waals surface area contributed by atoms with Gasteiger partial charge in [-0.2, -0.15) is 0 Å². The molecule has 0 atom stereocenters. The molecular formula is C7H9NO4. The molecule has 5 nitrogen and oxygen atoms in total. The van der Waals surface area contributed by atoms with E-state index in [9.17, 15) is 14.4 Å². The Bertz CT molecular complexity index is 244. The van der Waals surface area contributed by atoms with Gasteiger partial charge in [0.1, 0.15) is 5.78 Å². The standard InChI is InChI=1S/C7H9NO4/c1-4(7(11)12)2-5(9)3-6(8)10/h1-3H2,(H2,8,10)(H,11,12). The summed E-state index contributed by atoms with van der Waals surface area (Å²) in [6, 6.07) is 0. The second kappa shape index (κ2) is 4.27. The van der Waals surface area contributed by atoms with Crippen LogP contribution in [0, 0.1) is 0 Å². The number of amides is 1. The van der Waals surface area contributed by atoms with Crippen molar-refractivity contribution in [3.05, 3.63) is 12.2 Å². The monoisotopic (exact) mass is 171 g/mol.